The van der Waals surface area contributed by atoms with E-state index < -0.39 is 18.4 Å². The molecule has 0 spiro atoms. The first-order valence-electron chi connectivity index (χ1n) is 13.9. The number of amides is 1. The standard InChI is InChI=1S/C33H33ClN4O3/c34-28-13-7-12-27(19-28)20-30-29(32(41)38(23-31(39)40)22-26-10-5-2-6-11-26)21-35-33(36-30)37-16-14-25(15-17-37)18-24-8-3-1-4-9-24/h1-13,19,21,25H,14-18,20,22-23H2,(H,39,40). The maximum Gasteiger partial charge on any atom is 0.323 e. The van der Waals surface area contributed by atoms with Crippen molar-refractivity contribution in [2.24, 2.45) is 5.92 Å². The molecule has 0 unspecified atom stereocenters. The second-order valence-electron chi connectivity index (χ2n) is 10.5. The quantitative estimate of drug-likeness (QED) is 0.256. The summed E-state index contributed by atoms with van der Waals surface area (Å²) < 4.78 is 0. The lowest BCUT2D eigenvalue weighted by atomic mass is 9.90. The number of carboxylic acids is 1. The second kappa shape index (κ2) is 13.4. The van der Waals surface area contributed by atoms with Crippen LogP contribution in [-0.4, -0.2) is 51.5 Å². The summed E-state index contributed by atoms with van der Waals surface area (Å²) in [4.78, 5) is 38.5. The molecule has 1 N–H and O–H groups in total. The highest BCUT2D eigenvalue weighted by molar-refractivity contribution is 6.30. The minimum absolute atomic E-state index is 0.166. The van der Waals surface area contributed by atoms with E-state index in [9.17, 15) is 14.7 Å². The summed E-state index contributed by atoms with van der Waals surface area (Å²) in [5, 5.41) is 10.2. The summed E-state index contributed by atoms with van der Waals surface area (Å²) in [7, 11) is 0. The van der Waals surface area contributed by atoms with Gasteiger partial charge in [0.05, 0.1) is 11.3 Å². The molecule has 0 saturated carbocycles. The van der Waals surface area contributed by atoms with Crippen LogP contribution >= 0.6 is 11.6 Å². The van der Waals surface area contributed by atoms with Gasteiger partial charge >= 0.3 is 5.97 Å². The fraction of sp³-hybridized carbons (Fsp3) is 0.273. The van der Waals surface area contributed by atoms with Gasteiger partial charge in [-0.15, -0.1) is 0 Å². The van der Waals surface area contributed by atoms with Crippen molar-refractivity contribution in [3.05, 3.63) is 124 Å². The lowest BCUT2D eigenvalue weighted by molar-refractivity contribution is -0.137. The number of aromatic nitrogens is 2. The Morgan fingerprint density at radius 1 is 0.902 bits per heavy atom. The summed E-state index contributed by atoms with van der Waals surface area (Å²) in [6, 6.07) is 27.4. The van der Waals surface area contributed by atoms with E-state index in [1.807, 2.05) is 54.6 Å². The molecular weight excluding hydrogens is 536 g/mol. The Labute approximate surface area is 245 Å². The third-order valence-electron chi connectivity index (χ3n) is 7.44. The number of piperidine rings is 1. The van der Waals surface area contributed by atoms with Gasteiger partial charge in [0.25, 0.3) is 5.91 Å². The van der Waals surface area contributed by atoms with Gasteiger partial charge in [0.2, 0.25) is 5.95 Å². The molecule has 8 heteroatoms. The molecule has 1 fully saturated rings. The van der Waals surface area contributed by atoms with Gasteiger partial charge in [0, 0.05) is 37.3 Å². The van der Waals surface area contributed by atoms with Crippen LogP contribution in [0.2, 0.25) is 5.02 Å². The van der Waals surface area contributed by atoms with Crippen LogP contribution in [0, 0.1) is 5.92 Å². The number of aliphatic carboxylic acids is 1. The molecule has 7 nitrogen and oxygen atoms in total. The molecule has 4 aromatic rings. The number of hydrogen-bond acceptors (Lipinski definition) is 5. The van der Waals surface area contributed by atoms with Crippen LogP contribution in [-0.2, 0) is 24.2 Å². The highest BCUT2D eigenvalue weighted by atomic mass is 35.5. The van der Waals surface area contributed by atoms with E-state index in [1.165, 1.54) is 10.5 Å². The van der Waals surface area contributed by atoms with Crippen molar-refractivity contribution in [1.29, 1.82) is 0 Å². The smallest absolute Gasteiger partial charge is 0.323 e. The zero-order valence-electron chi connectivity index (χ0n) is 22.8. The zero-order valence-corrected chi connectivity index (χ0v) is 23.6. The predicted molar refractivity (Wildman–Crippen MR) is 160 cm³/mol. The maximum absolute atomic E-state index is 13.8. The third kappa shape index (κ3) is 7.70. The normalized spacial score (nSPS) is 13.6. The molecule has 5 rings (SSSR count). The van der Waals surface area contributed by atoms with E-state index in [1.54, 1.807) is 12.3 Å². The van der Waals surface area contributed by atoms with Gasteiger partial charge in [-0.1, -0.05) is 84.4 Å². The predicted octanol–water partition coefficient (Wildman–Crippen LogP) is 5.91. The van der Waals surface area contributed by atoms with Gasteiger partial charge in [0.15, 0.2) is 0 Å². The minimum Gasteiger partial charge on any atom is -0.480 e. The van der Waals surface area contributed by atoms with Crippen LogP contribution < -0.4 is 4.90 Å². The first-order chi connectivity index (χ1) is 19.9. The molecule has 3 aromatic carbocycles. The van der Waals surface area contributed by atoms with Gasteiger partial charge in [-0.05, 0) is 54.0 Å². The molecule has 0 radical (unpaired) electrons. The molecule has 1 amide bonds. The summed E-state index contributed by atoms with van der Waals surface area (Å²) in [6.45, 7) is 1.40. The number of rotatable bonds is 10. The fourth-order valence-corrected chi connectivity index (χ4v) is 5.55. The molecular formula is C33H33ClN4O3. The van der Waals surface area contributed by atoms with Crippen LogP contribution in [0.1, 0.15) is 45.6 Å². The lowest BCUT2D eigenvalue weighted by Gasteiger charge is -2.32. The van der Waals surface area contributed by atoms with Crippen molar-refractivity contribution < 1.29 is 14.7 Å². The Hall–Kier alpha value is -4.23. The lowest BCUT2D eigenvalue weighted by Crippen LogP contribution is -2.37. The molecule has 1 aromatic heterocycles. The minimum atomic E-state index is -1.08. The monoisotopic (exact) mass is 568 g/mol. The summed E-state index contributed by atoms with van der Waals surface area (Å²) in [5.41, 5.74) is 3.96. The van der Waals surface area contributed by atoms with E-state index in [0.717, 1.165) is 43.5 Å². The summed E-state index contributed by atoms with van der Waals surface area (Å²) in [5.74, 6) is -0.310. The zero-order chi connectivity index (χ0) is 28.6. The number of hydrogen-bond donors (Lipinski definition) is 1. The average Bonchev–Trinajstić information content (AvgIpc) is 2.98. The van der Waals surface area contributed by atoms with Gasteiger partial charge in [0.1, 0.15) is 6.54 Å². The van der Waals surface area contributed by atoms with Crippen molar-refractivity contribution in [3.63, 3.8) is 0 Å². The average molecular weight is 569 g/mol. The van der Waals surface area contributed by atoms with E-state index in [0.29, 0.717) is 34.6 Å². The van der Waals surface area contributed by atoms with E-state index in [-0.39, 0.29) is 6.54 Å². The number of halogens is 1. The number of anilines is 1. The molecule has 0 bridgehead atoms. The Morgan fingerprint density at radius 2 is 1.56 bits per heavy atom. The number of benzene rings is 3. The van der Waals surface area contributed by atoms with Gasteiger partial charge in [-0.2, -0.15) is 0 Å². The number of carbonyl (C=O) groups is 2. The molecule has 1 aliphatic heterocycles. The number of nitrogens with zero attached hydrogens (tertiary/aromatic N) is 4. The maximum atomic E-state index is 13.8. The van der Waals surface area contributed by atoms with Crippen molar-refractivity contribution in [3.8, 4) is 0 Å². The Bertz CT molecular complexity index is 1470. The van der Waals surface area contributed by atoms with Crippen LogP contribution in [0.25, 0.3) is 0 Å². The Morgan fingerprint density at radius 3 is 2.22 bits per heavy atom. The summed E-state index contributed by atoms with van der Waals surface area (Å²) in [6.07, 6.45) is 5.05. The van der Waals surface area contributed by atoms with Gasteiger partial charge < -0.3 is 14.9 Å². The Balaban J connectivity index is 1.39. The second-order valence-corrected chi connectivity index (χ2v) is 10.9. The molecule has 0 aliphatic carbocycles. The van der Waals surface area contributed by atoms with Gasteiger partial charge in [-0.25, -0.2) is 9.97 Å². The van der Waals surface area contributed by atoms with Crippen LogP contribution in [0.3, 0.4) is 0 Å². The van der Waals surface area contributed by atoms with Crippen molar-refractivity contribution in [2.45, 2.75) is 32.2 Å². The number of carboxylic acid groups (broad SMARTS) is 1. The van der Waals surface area contributed by atoms with Crippen LogP contribution in [0.5, 0.6) is 0 Å². The molecule has 0 atom stereocenters. The molecule has 1 aliphatic rings. The first-order valence-corrected chi connectivity index (χ1v) is 14.3. The fourth-order valence-electron chi connectivity index (χ4n) is 5.33. The van der Waals surface area contributed by atoms with E-state index in [2.05, 4.69) is 34.1 Å². The largest absolute Gasteiger partial charge is 0.480 e. The van der Waals surface area contributed by atoms with E-state index >= 15 is 0 Å². The highest BCUT2D eigenvalue weighted by Gasteiger charge is 2.26. The molecule has 210 valence electrons. The van der Waals surface area contributed by atoms with Crippen LogP contribution in [0.4, 0.5) is 5.95 Å². The van der Waals surface area contributed by atoms with Crippen molar-refractivity contribution >= 4 is 29.4 Å². The summed E-state index contributed by atoms with van der Waals surface area (Å²) >= 11 is 6.25. The number of carbonyl (C=O) groups excluding carboxylic acids is 1. The third-order valence-corrected chi connectivity index (χ3v) is 7.68. The van der Waals surface area contributed by atoms with Crippen molar-refractivity contribution in [1.82, 2.24) is 14.9 Å². The van der Waals surface area contributed by atoms with Crippen molar-refractivity contribution in [2.75, 3.05) is 24.5 Å². The van der Waals surface area contributed by atoms with Crippen LogP contribution in [0.15, 0.2) is 91.1 Å². The Kier molecular flexibility index (Phi) is 9.26. The van der Waals surface area contributed by atoms with E-state index in [4.69, 9.17) is 16.6 Å². The molecule has 41 heavy (non-hydrogen) atoms. The van der Waals surface area contributed by atoms with Gasteiger partial charge in [-0.3, -0.25) is 9.59 Å². The topological polar surface area (TPSA) is 86.6 Å². The molecule has 1 saturated heterocycles. The first kappa shape index (κ1) is 28.3. The SMILES string of the molecule is O=C(O)CN(Cc1ccccc1)C(=O)c1cnc(N2CCC(Cc3ccccc3)CC2)nc1Cc1cccc(Cl)c1. The highest BCUT2D eigenvalue weighted by Crippen LogP contribution is 2.26. The molecule has 2 heterocycles.